The quantitative estimate of drug-likeness (QED) is 0.824. The number of amides is 1. The Morgan fingerprint density at radius 3 is 2.95 bits per heavy atom. The molecule has 110 valence electrons. The van der Waals surface area contributed by atoms with Gasteiger partial charge in [0.2, 0.25) is 0 Å². The molecular weight excluding hydrogens is 256 g/mol. The van der Waals surface area contributed by atoms with Gasteiger partial charge in [-0.1, -0.05) is 0 Å². The van der Waals surface area contributed by atoms with Crippen LogP contribution in [-0.2, 0) is 4.74 Å². The van der Waals surface area contributed by atoms with Crippen LogP contribution >= 0.6 is 0 Å². The molecule has 0 spiro atoms. The van der Waals surface area contributed by atoms with Gasteiger partial charge >= 0.3 is 0 Å². The molecule has 0 bridgehead atoms. The fraction of sp³-hybridized carbons (Fsp3) is 0.571. The number of rotatable bonds is 5. The normalized spacial score (nSPS) is 17.5. The smallest absolute Gasteiger partial charge is 0.269 e. The van der Waals surface area contributed by atoms with Gasteiger partial charge in [0.15, 0.2) is 0 Å². The summed E-state index contributed by atoms with van der Waals surface area (Å²) in [4.78, 5) is 18.0. The van der Waals surface area contributed by atoms with Crippen molar-refractivity contribution in [3.05, 3.63) is 24.0 Å². The Balaban J connectivity index is 1.89. The van der Waals surface area contributed by atoms with Gasteiger partial charge in [-0.05, 0) is 19.1 Å². The van der Waals surface area contributed by atoms with Gasteiger partial charge in [-0.3, -0.25) is 14.7 Å². The molecule has 1 saturated heterocycles. The highest BCUT2D eigenvalue weighted by atomic mass is 16.5. The van der Waals surface area contributed by atoms with Crippen LogP contribution in [0.15, 0.2) is 18.3 Å². The first-order valence-corrected chi connectivity index (χ1v) is 6.94. The van der Waals surface area contributed by atoms with Crippen LogP contribution in [0.2, 0.25) is 0 Å². The Kier molecular flexibility index (Phi) is 5.31. The number of nitrogens with one attached hydrogen (secondary N) is 2. The molecule has 0 aliphatic carbocycles. The Labute approximate surface area is 119 Å². The SMILES string of the molecule is CNC(=O)c1cc(NC(C)CN2CCOCC2)ccn1. The van der Waals surface area contributed by atoms with E-state index >= 15 is 0 Å². The summed E-state index contributed by atoms with van der Waals surface area (Å²) >= 11 is 0. The van der Waals surface area contributed by atoms with E-state index in [1.54, 1.807) is 19.3 Å². The van der Waals surface area contributed by atoms with Crippen molar-refractivity contribution in [2.75, 3.05) is 45.2 Å². The lowest BCUT2D eigenvalue weighted by molar-refractivity contribution is 0.0368. The minimum absolute atomic E-state index is 0.172. The summed E-state index contributed by atoms with van der Waals surface area (Å²) in [5.41, 5.74) is 1.34. The molecule has 1 unspecified atom stereocenters. The highest BCUT2D eigenvalue weighted by Crippen LogP contribution is 2.10. The Bertz CT molecular complexity index is 447. The second-order valence-corrected chi connectivity index (χ2v) is 4.97. The molecule has 1 aliphatic rings. The third kappa shape index (κ3) is 4.18. The summed E-state index contributed by atoms with van der Waals surface area (Å²) in [6.07, 6.45) is 1.65. The summed E-state index contributed by atoms with van der Waals surface area (Å²) in [6, 6.07) is 3.95. The van der Waals surface area contributed by atoms with Crippen LogP contribution in [0.1, 0.15) is 17.4 Å². The van der Waals surface area contributed by atoms with E-state index in [-0.39, 0.29) is 5.91 Å². The molecule has 1 atom stereocenters. The van der Waals surface area contributed by atoms with E-state index in [4.69, 9.17) is 4.74 Å². The lowest BCUT2D eigenvalue weighted by Gasteiger charge is -2.29. The summed E-state index contributed by atoms with van der Waals surface area (Å²) in [7, 11) is 1.60. The summed E-state index contributed by atoms with van der Waals surface area (Å²) in [6.45, 7) is 6.67. The summed E-state index contributed by atoms with van der Waals surface area (Å²) in [5.74, 6) is -0.172. The summed E-state index contributed by atoms with van der Waals surface area (Å²) < 4.78 is 5.34. The Morgan fingerprint density at radius 1 is 1.50 bits per heavy atom. The third-order valence-electron chi connectivity index (χ3n) is 3.27. The number of anilines is 1. The molecule has 0 radical (unpaired) electrons. The number of aromatic nitrogens is 1. The van der Waals surface area contributed by atoms with Crippen molar-refractivity contribution in [3.8, 4) is 0 Å². The van der Waals surface area contributed by atoms with Crippen molar-refractivity contribution in [3.63, 3.8) is 0 Å². The molecular formula is C14H22N4O2. The molecule has 1 fully saturated rings. The molecule has 1 aromatic rings. The fourth-order valence-electron chi connectivity index (χ4n) is 2.27. The van der Waals surface area contributed by atoms with Gasteiger partial charge in [-0.2, -0.15) is 0 Å². The maximum atomic E-state index is 11.5. The molecule has 1 aromatic heterocycles. The maximum Gasteiger partial charge on any atom is 0.269 e. The minimum atomic E-state index is -0.172. The molecule has 1 amide bonds. The average Bonchev–Trinajstić information content (AvgIpc) is 2.47. The van der Waals surface area contributed by atoms with E-state index in [1.165, 1.54) is 0 Å². The Hall–Kier alpha value is -1.66. The van der Waals surface area contributed by atoms with Crippen molar-refractivity contribution in [1.29, 1.82) is 0 Å². The first kappa shape index (κ1) is 14.7. The van der Waals surface area contributed by atoms with E-state index in [2.05, 4.69) is 27.4 Å². The second-order valence-electron chi connectivity index (χ2n) is 4.97. The van der Waals surface area contributed by atoms with Gasteiger partial charge in [0.25, 0.3) is 5.91 Å². The first-order valence-electron chi connectivity index (χ1n) is 6.94. The van der Waals surface area contributed by atoms with Crippen molar-refractivity contribution < 1.29 is 9.53 Å². The minimum Gasteiger partial charge on any atom is -0.381 e. The average molecular weight is 278 g/mol. The standard InChI is InChI=1S/C14H22N4O2/c1-11(10-18-5-7-20-8-6-18)17-12-3-4-16-13(9-12)14(19)15-2/h3-4,9,11H,5-8,10H2,1-2H3,(H,15,19)(H,16,17). The lowest BCUT2D eigenvalue weighted by atomic mass is 10.2. The van der Waals surface area contributed by atoms with E-state index in [0.717, 1.165) is 38.5 Å². The third-order valence-corrected chi connectivity index (χ3v) is 3.27. The maximum absolute atomic E-state index is 11.5. The number of ether oxygens (including phenoxy) is 1. The lowest BCUT2D eigenvalue weighted by Crippen LogP contribution is -2.42. The Morgan fingerprint density at radius 2 is 2.25 bits per heavy atom. The highest BCUT2D eigenvalue weighted by molar-refractivity contribution is 5.92. The van der Waals surface area contributed by atoms with Crippen LogP contribution in [0, 0.1) is 0 Å². The molecule has 6 heteroatoms. The van der Waals surface area contributed by atoms with Crippen molar-refractivity contribution >= 4 is 11.6 Å². The zero-order chi connectivity index (χ0) is 14.4. The molecule has 20 heavy (non-hydrogen) atoms. The zero-order valence-corrected chi connectivity index (χ0v) is 12.1. The first-order chi connectivity index (χ1) is 9.69. The van der Waals surface area contributed by atoms with Gasteiger partial charge in [0.05, 0.1) is 13.2 Å². The van der Waals surface area contributed by atoms with Crippen LogP contribution in [0.25, 0.3) is 0 Å². The predicted octanol–water partition coefficient (Wildman–Crippen LogP) is 0.574. The monoisotopic (exact) mass is 278 g/mol. The van der Waals surface area contributed by atoms with E-state index < -0.39 is 0 Å². The topological polar surface area (TPSA) is 66.5 Å². The van der Waals surface area contributed by atoms with Gasteiger partial charge in [0.1, 0.15) is 5.69 Å². The van der Waals surface area contributed by atoms with Crippen molar-refractivity contribution in [2.24, 2.45) is 0 Å². The molecule has 1 aliphatic heterocycles. The van der Waals surface area contributed by atoms with Gasteiger partial charge in [-0.15, -0.1) is 0 Å². The van der Waals surface area contributed by atoms with Crippen LogP contribution < -0.4 is 10.6 Å². The van der Waals surface area contributed by atoms with E-state index in [9.17, 15) is 4.79 Å². The largest absolute Gasteiger partial charge is 0.381 e. The molecule has 2 heterocycles. The number of carbonyl (C=O) groups is 1. The van der Waals surface area contributed by atoms with Gasteiger partial charge in [-0.25, -0.2) is 0 Å². The van der Waals surface area contributed by atoms with Crippen LogP contribution in [0.5, 0.6) is 0 Å². The van der Waals surface area contributed by atoms with Crippen LogP contribution in [-0.4, -0.2) is 61.7 Å². The number of nitrogens with zero attached hydrogens (tertiary/aromatic N) is 2. The predicted molar refractivity (Wildman–Crippen MR) is 78.0 cm³/mol. The molecule has 2 N–H and O–H groups in total. The molecule has 6 nitrogen and oxygen atoms in total. The molecule has 0 saturated carbocycles. The van der Waals surface area contributed by atoms with Crippen molar-refractivity contribution in [2.45, 2.75) is 13.0 Å². The van der Waals surface area contributed by atoms with Crippen LogP contribution in [0.4, 0.5) is 5.69 Å². The van der Waals surface area contributed by atoms with Crippen LogP contribution in [0.3, 0.4) is 0 Å². The zero-order valence-electron chi connectivity index (χ0n) is 12.1. The number of hydrogen-bond acceptors (Lipinski definition) is 5. The van der Waals surface area contributed by atoms with E-state index in [1.807, 2.05) is 6.07 Å². The number of morpholine rings is 1. The highest BCUT2D eigenvalue weighted by Gasteiger charge is 2.14. The second kappa shape index (κ2) is 7.21. The van der Waals surface area contributed by atoms with Crippen molar-refractivity contribution in [1.82, 2.24) is 15.2 Å². The molecule has 0 aromatic carbocycles. The number of pyridine rings is 1. The molecule has 2 rings (SSSR count). The van der Waals surface area contributed by atoms with Gasteiger partial charge in [0, 0.05) is 44.6 Å². The fourth-order valence-corrected chi connectivity index (χ4v) is 2.27. The summed E-state index contributed by atoms with van der Waals surface area (Å²) in [5, 5.41) is 5.98. The van der Waals surface area contributed by atoms with Gasteiger partial charge < -0.3 is 15.4 Å². The van der Waals surface area contributed by atoms with E-state index in [0.29, 0.717) is 11.7 Å². The number of carbonyl (C=O) groups excluding carboxylic acids is 1. The number of hydrogen-bond donors (Lipinski definition) is 2.